The van der Waals surface area contributed by atoms with Gasteiger partial charge in [-0.05, 0) is 41.1 Å². The van der Waals surface area contributed by atoms with Gasteiger partial charge in [0.15, 0.2) is 0 Å². The van der Waals surface area contributed by atoms with Crippen LogP contribution in [0.2, 0.25) is 0 Å². The molecule has 3 rings (SSSR count). The smallest absolute Gasteiger partial charge is 0.0315 e. The topological polar surface area (TPSA) is 24.9 Å². The van der Waals surface area contributed by atoms with Gasteiger partial charge in [0.2, 0.25) is 0 Å². The fourth-order valence-electron chi connectivity index (χ4n) is 2.26. The van der Waals surface area contributed by atoms with Gasteiger partial charge in [0.05, 0.1) is 0 Å². The molecule has 0 fully saturated rings. The lowest BCUT2D eigenvalue weighted by Gasteiger charge is -2.12. The van der Waals surface area contributed by atoms with Crippen LogP contribution in [0.15, 0.2) is 66.3 Å². The summed E-state index contributed by atoms with van der Waals surface area (Å²) in [6, 6.07) is 17.2. The molecule has 2 nitrogen and oxygen atoms in total. The number of nitrogens with one attached hydrogen (secondary N) is 1. The molecule has 1 N–H and O–H groups in total. The lowest BCUT2D eigenvalue weighted by molar-refractivity contribution is 0.577. The molecule has 1 aromatic carbocycles. The second kappa shape index (κ2) is 6.66. The summed E-state index contributed by atoms with van der Waals surface area (Å²) < 4.78 is 0. The van der Waals surface area contributed by atoms with Crippen molar-refractivity contribution in [2.75, 3.05) is 0 Å². The van der Waals surface area contributed by atoms with Crippen LogP contribution in [0, 0.1) is 0 Å². The number of aromatic nitrogens is 1. The van der Waals surface area contributed by atoms with Crippen molar-refractivity contribution >= 4 is 11.3 Å². The Hall–Kier alpha value is -1.97. The van der Waals surface area contributed by atoms with E-state index in [-0.39, 0.29) is 0 Å². The fraction of sp³-hybridized carbons (Fsp3) is 0.167. The molecule has 0 bridgehead atoms. The molecule has 0 radical (unpaired) electrons. The van der Waals surface area contributed by atoms with Crippen molar-refractivity contribution < 1.29 is 0 Å². The maximum Gasteiger partial charge on any atom is 0.0315 e. The maximum absolute atomic E-state index is 4.17. The van der Waals surface area contributed by atoms with Crippen LogP contribution >= 0.6 is 11.3 Å². The van der Waals surface area contributed by atoms with Gasteiger partial charge in [0.1, 0.15) is 0 Å². The van der Waals surface area contributed by atoms with E-state index in [1.54, 1.807) is 11.3 Å². The molecule has 0 amide bonds. The summed E-state index contributed by atoms with van der Waals surface area (Å²) in [6.45, 7) is 3.05. The number of thiophene rings is 1. The molecule has 0 saturated heterocycles. The van der Waals surface area contributed by atoms with Crippen LogP contribution < -0.4 is 5.32 Å². The van der Waals surface area contributed by atoms with Crippen molar-refractivity contribution in [3.63, 3.8) is 0 Å². The van der Waals surface area contributed by atoms with Crippen molar-refractivity contribution in [3.05, 3.63) is 76.7 Å². The SMILES string of the molecule is C[C@H](NCc1cc(-c2ccccc2)cs1)c1cccnc1. The molecule has 21 heavy (non-hydrogen) atoms. The molecular weight excluding hydrogens is 276 g/mol. The molecule has 0 spiro atoms. The number of benzene rings is 1. The van der Waals surface area contributed by atoms with Crippen LogP contribution in [-0.4, -0.2) is 4.98 Å². The molecular formula is C18H18N2S. The summed E-state index contributed by atoms with van der Waals surface area (Å²) in [7, 11) is 0. The number of nitrogens with zero attached hydrogens (tertiary/aromatic N) is 1. The van der Waals surface area contributed by atoms with E-state index < -0.39 is 0 Å². The average Bonchev–Trinajstić information content (AvgIpc) is 3.03. The van der Waals surface area contributed by atoms with Crippen LogP contribution in [0.4, 0.5) is 0 Å². The zero-order valence-electron chi connectivity index (χ0n) is 12.0. The Morgan fingerprint density at radius 1 is 1.10 bits per heavy atom. The third-order valence-corrected chi connectivity index (χ3v) is 4.46. The van der Waals surface area contributed by atoms with Crippen molar-refractivity contribution in [3.8, 4) is 11.1 Å². The summed E-state index contributed by atoms with van der Waals surface area (Å²) in [5, 5.41) is 5.77. The monoisotopic (exact) mass is 294 g/mol. The minimum Gasteiger partial charge on any atom is -0.305 e. The Kier molecular flexibility index (Phi) is 4.43. The molecule has 1 atom stereocenters. The minimum absolute atomic E-state index is 0.306. The largest absolute Gasteiger partial charge is 0.305 e. The van der Waals surface area contributed by atoms with Crippen LogP contribution in [0.3, 0.4) is 0 Å². The highest BCUT2D eigenvalue weighted by molar-refractivity contribution is 7.10. The quantitative estimate of drug-likeness (QED) is 0.740. The zero-order chi connectivity index (χ0) is 14.5. The second-order valence-electron chi connectivity index (χ2n) is 5.06. The van der Waals surface area contributed by atoms with E-state index in [0.29, 0.717) is 6.04 Å². The predicted octanol–water partition coefficient (Wildman–Crippen LogP) is 4.66. The van der Waals surface area contributed by atoms with Crippen LogP contribution in [-0.2, 0) is 6.54 Å². The maximum atomic E-state index is 4.17. The molecule has 0 unspecified atom stereocenters. The second-order valence-corrected chi connectivity index (χ2v) is 6.05. The molecule has 106 valence electrons. The molecule has 0 aliphatic heterocycles. The van der Waals surface area contributed by atoms with Crippen molar-refractivity contribution in [2.45, 2.75) is 19.5 Å². The first-order valence-corrected chi connectivity index (χ1v) is 7.97. The number of hydrogen-bond donors (Lipinski definition) is 1. The fourth-order valence-corrected chi connectivity index (χ4v) is 3.10. The Labute approximate surface area is 129 Å². The molecule has 3 heteroatoms. The average molecular weight is 294 g/mol. The first-order valence-electron chi connectivity index (χ1n) is 7.09. The van der Waals surface area contributed by atoms with Gasteiger partial charge in [-0.25, -0.2) is 0 Å². The lowest BCUT2D eigenvalue weighted by atomic mass is 10.1. The van der Waals surface area contributed by atoms with Crippen LogP contribution in [0.5, 0.6) is 0 Å². The van der Waals surface area contributed by atoms with Gasteiger partial charge in [-0.2, -0.15) is 0 Å². The zero-order valence-corrected chi connectivity index (χ0v) is 12.8. The molecule has 2 aromatic heterocycles. The molecule has 0 aliphatic rings. The van der Waals surface area contributed by atoms with E-state index in [1.165, 1.54) is 21.6 Å². The molecule has 0 saturated carbocycles. The highest BCUT2D eigenvalue weighted by atomic mass is 32.1. The van der Waals surface area contributed by atoms with Crippen molar-refractivity contribution in [2.24, 2.45) is 0 Å². The number of rotatable bonds is 5. The van der Waals surface area contributed by atoms with E-state index in [4.69, 9.17) is 0 Å². The Balaban J connectivity index is 1.63. The van der Waals surface area contributed by atoms with Gasteiger partial charge < -0.3 is 5.32 Å². The lowest BCUT2D eigenvalue weighted by Crippen LogP contribution is -2.17. The Morgan fingerprint density at radius 2 is 1.95 bits per heavy atom. The van der Waals surface area contributed by atoms with E-state index in [1.807, 2.05) is 24.5 Å². The van der Waals surface area contributed by atoms with Gasteiger partial charge in [-0.1, -0.05) is 36.4 Å². The van der Waals surface area contributed by atoms with Crippen molar-refractivity contribution in [1.82, 2.24) is 10.3 Å². The molecule has 3 aromatic rings. The third kappa shape index (κ3) is 3.57. The first kappa shape index (κ1) is 14.0. The predicted molar refractivity (Wildman–Crippen MR) is 89.2 cm³/mol. The van der Waals surface area contributed by atoms with E-state index in [9.17, 15) is 0 Å². The molecule has 0 aliphatic carbocycles. The Bertz CT molecular complexity index is 677. The number of pyridine rings is 1. The summed E-state index contributed by atoms with van der Waals surface area (Å²) >= 11 is 1.80. The standard InChI is InChI=1S/C18H18N2S/c1-14(16-8-5-9-19-11-16)20-12-18-10-17(13-21-18)15-6-3-2-4-7-15/h2-11,13-14,20H,12H2,1H3/t14-/m0/s1. The van der Waals surface area contributed by atoms with Crippen LogP contribution in [0.1, 0.15) is 23.4 Å². The number of hydrogen-bond acceptors (Lipinski definition) is 3. The van der Waals surface area contributed by atoms with E-state index in [2.05, 4.69) is 59.0 Å². The van der Waals surface area contributed by atoms with Crippen molar-refractivity contribution in [1.29, 1.82) is 0 Å². The van der Waals surface area contributed by atoms with Gasteiger partial charge >= 0.3 is 0 Å². The van der Waals surface area contributed by atoms with Crippen LogP contribution in [0.25, 0.3) is 11.1 Å². The van der Waals surface area contributed by atoms with Gasteiger partial charge in [-0.15, -0.1) is 11.3 Å². The highest BCUT2D eigenvalue weighted by Crippen LogP contribution is 2.25. The van der Waals surface area contributed by atoms with Gasteiger partial charge in [-0.3, -0.25) is 4.98 Å². The van der Waals surface area contributed by atoms with Gasteiger partial charge in [0, 0.05) is 29.9 Å². The third-order valence-electron chi connectivity index (χ3n) is 3.53. The van der Waals surface area contributed by atoms with E-state index >= 15 is 0 Å². The molecule has 2 heterocycles. The first-order chi connectivity index (χ1) is 10.3. The Morgan fingerprint density at radius 3 is 2.71 bits per heavy atom. The highest BCUT2D eigenvalue weighted by Gasteiger charge is 2.06. The van der Waals surface area contributed by atoms with E-state index in [0.717, 1.165) is 6.54 Å². The summed E-state index contributed by atoms with van der Waals surface area (Å²) in [4.78, 5) is 5.52. The summed E-state index contributed by atoms with van der Waals surface area (Å²) in [5.74, 6) is 0. The summed E-state index contributed by atoms with van der Waals surface area (Å²) in [6.07, 6.45) is 3.73. The van der Waals surface area contributed by atoms with Gasteiger partial charge in [0.25, 0.3) is 0 Å². The minimum atomic E-state index is 0.306. The summed E-state index contributed by atoms with van der Waals surface area (Å²) in [5.41, 5.74) is 3.80. The normalized spacial score (nSPS) is 12.2.